The summed E-state index contributed by atoms with van der Waals surface area (Å²) in [7, 11) is -3.76. The Hall–Kier alpha value is -4.41. The quantitative estimate of drug-likeness (QED) is 0.318. The van der Waals surface area contributed by atoms with E-state index in [-0.39, 0.29) is 16.8 Å². The molecule has 1 aliphatic rings. The minimum Gasteiger partial charge on any atom is -0.342 e. The van der Waals surface area contributed by atoms with Gasteiger partial charge in [0.15, 0.2) is 5.65 Å². The van der Waals surface area contributed by atoms with Crippen molar-refractivity contribution < 1.29 is 13.2 Å². The summed E-state index contributed by atoms with van der Waals surface area (Å²) in [6.45, 7) is 1.44. The van der Waals surface area contributed by atoms with Gasteiger partial charge in [-0.05, 0) is 54.3 Å². The van der Waals surface area contributed by atoms with Crippen molar-refractivity contribution in [3.05, 3.63) is 108 Å². The first-order valence-electron chi connectivity index (χ1n) is 13.6. The molecule has 3 aromatic heterocycles. The van der Waals surface area contributed by atoms with Crippen LogP contribution in [0.4, 0.5) is 0 Å². The Balaban J connectivity index is 1.19. The third kappa shape index (κ3) is 5.75. The van der Waals surface area contributed by atoms with Crippen molar-refractivity contribution in [1.29, 1.82) is 0 Å². The standard InChI is InChI=1S/C31H30N6O3S/c32-26-10-12-36(13-11-26)30(38)17-23-6-4-5-22(15-23)16-27-19-29(35-21-34-27)25-18-24-9-14-37(31(24)33-20-25)41(39,40)28-7-2-1-3-8-28/h1-9,14-15,18-21,26H,10-13,16-17,32H2. The number of rotatable bonds is 7. The molecule has 10 heteroatoms. The topological polar surface area (TPSA) is 124 Å². The van der Waals surface area contributed by atoms with Crippen LogP contribution in [0.5, 0.6) is 0 Å². The average molecular weight is 567 g/mol. The van der Waals surface area contributed by atoms with Crippen LogP contribution in [-0.2, 0) is 27.7 Å². The van der Waals surface area contributed by atoms with Gasteiger partial charge in [0.05, 0.1) is 17.0 Å². The molecule has 41 heavy (non-hydrogen) atoms. The molecule has 2 aromatic carbocycles. The Morgan fingerprint density at radius 3 is 2.49 bits per heavy atom. The molecule has 5 aromatic rings. The maximum atomic E-state index is 13.1. The van der Waals surface area contributed by atoms with E-state index < -0.39 is 10.0 Å². The summed E-state index contributed by atoms with van der Waals surface area (Å²) < 4.78 is 27.5. The largest absolute Gasteiger partial charge is 0.342 e. The second-order valence-corrected chi connectivity index (χ2v) is 12.2. The lowest BCUT2D eigenvalue weighted by Crippen LogP contribution is -2.43. The molecular formula is C31H30N6O3S. The van der Waals surface area contributed by atoms with E-state index in [1.807, 2.05) is 35.2 Å². The molecule has 0 unspecified atom stereocenters. The highest BCUT2D eigenvalue weighted by Gasteiger charge is 2.21. The van der Waals surface area contributed by atoms with Crippen LogP contribution in [0.2, 0.25) is 0 Å². The number of fused-ring (bicyclic) bond motifs is 1. The molecule has 208 valence electrons. The van der Waals surface area contributed by atoms with Gasteiger partial charge in [-0.2, -0.15) is 0 Å². The van der Waals surface area contributed by atoms with Gasteiger partial charge in [-0.1, -0.05) is 42.5 Å². The van der Waals surface area contributed by atoms with Crippen LogP contribution in [0.25, 0.3) is 22.3 Å². The molecule has 1 amide bonds. The molecule has 9 nitrogen and oxygen atoms in total. The predicted octanol–water partition coefficient (Wildman–Crippen LogP) is 3.81. The molecule has 0 bridgehead atoms. The molecule has 0 radical (unpaired) electrons. The van der Waals surface area contributed by atoms with Gasteiger partial charge in [0.2, 0.25) is 5.91 Å². The number of likely N-dealkylation sites (tertiary alicyclic amines) is 1. The normalized spacial score (nSPS) is 14.4. The van der Waals surface area contributed by atoms with E-state index in [2.05, 4.69) is 21.0 Å². The van der Waals surface area contributed by atoms with Gasteiger partial charge in [0, 0.05) is 54.6 Å². The van der Waals surface area contributed by atoms with E-state index in [0.717, 1.165) is 48.3 Å². The van der Waals surface area contributed by atoms with E-state index >= 15 is 0 Å². The summed E-state index contributed by atoms with van der Waals surface area (Å²) in [5.41, 5.74) is 10.6. The molecule has 6 rings (SSSR count). The minimum atomic E-state index is -3.76. The minimum absolute atomic E-state index is 0.131. The fourth-order valence-electron chi connectivity index (χ4n) is 5.19. The third-order valence-electron chi connectivity index (χ3n) is 7.44. The Morgan fingerprint density at radius 1 is 0.902 bits per heavy atom. The van der Waals surface area contributed by atoms with Crippen LogP contribution in [0.1, 0.15) is 29.7 Å². The number of pyridine rings is 1. The molecule has 4 heterocycles. The van der Waals surface area contributed by atoms with Crippen LogP contribution in [0, 0.1) is 0 Å². The lowest BCUT2D eigenvalue weighted by atomic mass is 10.0. The third-order valence-corrected chi connectivity index (χ3v) is 9.12. The second-order valence-electron chi connectivity index (χ2n) is 10.4. The van der Waals surface area contributed by atoms with E-state index in [1.54, 1.807) is 42.6 Å². The zero-order chi connectivity index (χ0) is 28.4. The lowest BCUT2D eigenvalue weighted by Gasteiger charge is -2.30. The van der Waals surface area contributed by atoms with Crippen molar-refractivity contribution in [3.8, 4) is 11.3 Å². The van der Waals surface area contributed by atoms with Crippen LogP contribution < -0.4 is 5.73 Å². The Kier molecular flexibility index (Phi) is 7.34. The summed E-state index contributed by atoms with van der Waals surface area (Å²) in [5, 5.41) is 0.690. The number of carbonyl (C=O) groups is 1. The fourth-order valence-corrected chi connectivity index (χ4v) is 6.52. The summed E-state index contributed by atoms with van der Waals surface area (Å²) in [5.74, 6) is 0.131. The first-order chi connectivity index (χ1) is 19.9. The number of hydrogen-bond acceptors (Lipinski definition) is 7. The second kappa shape index (κ2) is 11.2. The summed E-state index contributed by atoms with van der Waals surface area (Å²) >= 11 is 0. The number of nitrogens with two attached hydrogens (primary N) is 1. The van der Waals surface area contributed by atoms with Crippen LogP contribution in [0.3, 0.4) is 0 Å². The van der Waals surface area contributed by atoms with Gasteiger partial charge in [-0.25, -0.2) is 27.3 Å². The van der Waals surface area contributed by atoms with E-state index in [9.17, 15) is 13.2 Å². The van der Waals surface area contributed by atoms with Crippen LogP contribution in [-0.4, -0.2) is 57.3 Å². The van der Waals surface area contributed by atoms with Crippen molar-refractivity contribution in [2.45, 2.75) is 36.6 Å². The van der Waals surface area contributed by atoms with Crippen molar-refractivity contribution in [2.75, 3.05) is 13.1 Å². The monoisotopic (exact) mass is 566 g/mol. The first kappa shape index (κ1) is 26.8. The molecule has 0 atom stereocenters. The molecule has 0 aliphatic carbocycles. The summed E-state index contributed by atoms with van der Waals surface area (Å²) in [6, 6.07) is 22.0. The van der Waals surface area contributed by atoms with E-state index in [4.69, 9.17) is 5.73 Å². The predicted molar refractivity (Wildman–Crippen MR) is 157 cm³/mol. The number of benzene rings is 2. The Labute approximate surface area is 238 Å². The highest BCUT2D eigenvalue weighted by Crippen LogP contribution is 2.25. The lowest BCUT2D eigenvalue weighted by molar-refractivity contribution is -0.131. The van der Waals surface area contributed by atoms with Gasteiger partial charge >= 0.3 is 0 Å². The zero-order valence-electron chi connectivity index (χ0n) is 22.4. The van der Waals surface area contributed by atoms with Gasteiger partial charge in [0.1, 0.15) is 6.33 Å². The molecule has 2 N–H and O–H groups in total. The summed E-state index contributed by atoms with van der Waals surface area (Å²) in [6.07, 6.45) is 7.32. The maximum Gasteiger partial charge on any atom is 0.269 e. The van der Waals surface area contributed by atoms with Gasteiger partial charge in [-0.3, -0.25) is 4.79 Å². The molecule has 1 aliphatic heterocycles. The molecular weight excluding hydrogens is 536 g/mol. The zero-order valence-corrected chi connectivity index (χ0v) is 23.2. The maximum absolute atomic E-state index is 13.1. The van der Waals surface area contributed by atoms with Gasteiger partial charge < -0.3 is 10.6 Å². The van der Waals surface area contributed by atoms with Crippen LogP contribution in [0.15, 0.2) is 96.4 Å². The van der Waals surface area contributed by atoms with Crippen molar-refractivity contribution in [2.24, 2.45) is 5.73 Å². The molecule has 1 fully saturated rings. The molecule has 1 saturated heterocycles. The smallest absolute Gasteiger partial charge is 0.269 e. The SMILES string of the molecule is NC1CCN(C(=O)Cc2cccc(Cc3cc(-c4cnc5c(ccn5S(=O)(=O)c5ccccc5)c4)ncn3)c2)CC1. The van der Waals surface area contributed by atoms with E-state index in [0.29, 0.717) is 29.6 Å². The highest BCUT2D eigenvalue weighted by atomic mass is 32.2. The van der Waals surface area contributed by atoms with Crippen molar-refractivity contribution in [3.63, 3.8) is 0 Å². The van der Waals surface area contributed by atoms with E-state index in [1.165, 1.54) is 16.5 Å². The molecule has 0 spiro atoms. The number of piperidine rings is 1. The van der Waals surface area contributed by atoms with Gasteiger partial charge in [-0.15, -0.1) is 0 Å². The van der Waals surface area contributed by atoms with Gasteiger partial charge in [0.25, 0.3) is 10.0 Å². The number of amides is 1. The number of hydrogen-bond donors (Lipinski definition) is 1. The summed E-state index contributed by atoms with van der Waals surface area (Å²) in [4.78, 5) is 28.3. The number of aromatic nitrogens is 4. The number of nitrogens with zero attached hydrogens (tertiary/aromatic N) is 5. The molecule has 0 saturated carbocycles. The average Bonchev–Trinajstić information content (AvgIpc) is 3.43. The Bertz CT molecular complexity index is 1810. The fraction of sp³-hybridized carbons (Fsp3) is 0.226. The first-order valence-corrected chi connectivity index (χ1v) is 15.0. The number of carbonyl (C=O) groups excluding carboxylic acids is 1. The Morgan fingerprint density at radius 2 is 1.68 bits per heavy atom. The van der Waals surface area contributed by atoms with Crippen molar-refractivity contribution >= 4 is 27.0 Å². The highest BCUT2D eigenvalue weighted by molar-refractivity contribution is 7.90. The van der Waals surface area contributed by atoms with Crippen LogP contribution >= 0.6 is 0 Å². The van der Waals surface area contributed by atoms with Crippen molar-refractivity contribution in [1.82, 2.24) is 23.8 Å².